The Morgan fingerprint density at radius 3 is 2.67 bits per heavy atom. The lowest BCUT2D eigenvalue weighted by atomic mass is 10.1. The highest BCUT2D eigenvalue weighted by molar-refractivity contribution is 7.17. The standard InChI is InChI=1S/C10H13NS/c1-10(2,3)11-6-4-9-8(11)5-7-12-9/h4-7H,1-3H3. The first-order valence-corrected chi connectivity index (χ1v) is 5.02. The average molecular weight is 179 g/mol. The van der Waals surface area contributed by atoms with Crippen molar-refractivity contribution < 1.29 is 0 Å². The summed E-state index contributed by atoms with van der Waals surface area (Å²) in [6.07, 6.45) is 2.17. The van der Waals surface area contributed by atoms with E-state index in [1.807, 2.05) is 0 Å². The largest absolute Gasteiger partial charge is 0.341 e. The maximum Gasteiger partial charge on any atom is 0.0594 e. The number of aromatic nitrogens is 1. The Hall–Kier alpha value is -0.760. The van der Waals surface area contributed by atoms with E-state index in [4.69, 9.17) is 0 Å². The van der Waals surface area contributed by atoms with E-state index in [1.54, 1.807) is 11.3 Å². The van der Waals surface area contributed by atoms with Crippen LogP contribution in [0.4, 0.5) is 0 Å². The van der Waals surface area contributed by atoms with Gasteiger partial charge in [0.2, 0.25) is 0 Å². The van der Waals surface area contributed by atoms with E-state index < -0.39 is 0 Å². The van der Waals surface area contributed by atoms with Crippen molar-refractivity contribution in [3.63, 3.8) is 0 Å². The third-order valence-corrected chi connectivity index (χ3v) is 2.90. The minimum absolute atomic E-state index is 0.197. The monoisotopic (exact) mass is 179 g/mol. The molecular weight excluding hydrogens is 166 g/mol. The second kappa shape index (κ2) is 2.36. The maximum atomic E-state index is 2.32. The lowest BCUT2D eigenvalue weighted by molar-refractivity contribution is 0.411. The van der Waals surface area contributed by atoms with Crippen LogP contribution >= 0.6 is 11.3 Å². The second-order valence-corrected chi connectivity index (χ2v) is 4.97. The van der Waals surface area contributed by atoms with Gasteiger partial charge in [-0.3, -0.25) is 0 Å². The summed E-state index contributed by atoms with van der Waals surface area (Å²) in [6, 6.07) is 4.37. The van der Waals surface area contributed by atoms with Crippen LogP contribution in [0.3, 0.4) is 0 Å². The number of nitrogens with zero attached hydrogens (tertiary/aromatic N) is 1. The molecule has 0 N–H and O–H groups in total. The van der Waals surface area contributed by atoms with Gasteiger partial charge in [0, 0.05) is 11.7 Å². The van der Waals surface area contributed by atoms with Gasteiger partial charge < -0.3 is 4.57 Å². The van der Waals surface area contributed by atoms with E-state index in [2.05, 4.69) is 49.0 Å². The predicted molar refractivity (Wildman–Crippen MR) is 54.8 cm³/mol. The molecule has 0 saturated heterocycles. The molecule has 0 fully saturated rings. The predicted octanol–water partition coefficient (Wildman–Crippen LogP) is 3.46. The fourth-order valence-corrected chi connectivity index (χ4v) is 2.22. The van der Waals surface area contributed by atoms with Crippen molar-refractivity contribution >= 4 is 21.6 Å². The van der Waals surface area contributed by atoms with Crippen LogP contribution in [-0.4, -0.2) is 4.57 Å². The van der Waals surface area contributed by atoms with Crippen LogP contribution in [0.5, 0.6) is 0 Å². The van der Waals surface area contributed by atoms with Gasteiger partial charge in [0.15, 0.2) is 0 Å². The van der Waals surface area contributed by atoms with E-state index in [-0.39, 0.29) is 5.54 Å². The zero-order valence-electron chi connectivity index (χ0n) is 7.66. The Morgan fingerprint density at radius 2 is 2.00 bits per heavy atom. The quantitative estimate of drug-likeness (QED) is 0.583. The van der Waals surface area contributed by atoms with E-state index in [0.717, 1.165) is 0 Å². The maximum absolute atomic E-state index is 2.32. The highest BCUT2D eigenvalue weighted by atomic mass is 32.1. The number of hydrogen-bond donors (Lipinski definition) is 0. The van der Waals surface area contributed by atoms with Crippen molar-refractivity contribution in [3.8, 4) is 0 Å². The van der Waals surface area contributed by atoms with Crippen molar-refractivity contribution in [3.05, 3.63) is 23.7 Å². The SMILES string of the molecule is CC(C)(C)n1ccc2sccc21. The molecule has 0 aliphatic carbocycles. The summed E-state index contributed by atoms with van der Waals surface area (Å²) < 4.78 is 3.70. The van der Waals surface area contributed by atoms with E-state index in [0.29, 0.717) is 0 Å². The van der Waals surface area contributed by atoms with E-state index in [1.165, 1.54) is 10.2 Å². The second-order valence-electron chi connectivity index (χ2n) is 4.03. The van der Waals surface area contributed by atoms with E-state index in [9.17, 15) is 0 Å². The summed E-state index contributed by atoms with van der Waals surface area (Å²) in [6.45, 7) is 6.68. The van der Waals surface area contributed by atoms with Gasteiger partial charge in [0.1, 0.15) is 0 Å². The highest BCUT2D eigenvalue weighted by Crippen LogP contribution is 2.27. The van der Waals surface area contributed by atoms with Gasteiger partial charge >= 0.3 is 0 Å². The third kappa shape index (κ3) is 1.07. The zero-order chi connectivity index (χ0) is 8.77. The first-order valence-electron chi connectivity index (χ1n) is 4.14. The molecule has 2 rings (SSSR count). The number of rotatable bonds is 0. The molecule has 12 heavy (non-hydrogen) atoms. The normalized spacial score (nSPS) is 12.6. The fourth-order valence-electron chi connectivity index (χ4n) is 1.45. The molecule has 2 heteroatoms. The Kier molecular flexibility index (Phi) is 1.55. The molecule has 0 amide bonds. The van der Waals surface area contributed by atoms with E-state index >= 15 is 0 Å². The molecular formula is C10H13NS. The lowest BCUT2D eigenvalue weighted by Crippen LogP contribution is -2.20. The lowest BCUT2D eigenvalue weighted by Gasteiger charge is -2.21. The number of hydrogen-bond acceptors (Lipinski definition) is 1. The van der Waals surface area contributed by atoms with Crippen molar-refractivity contribution in [2.24, 2.45) is 0 Å². The summed E-state index contributed by atoms with van der Waals surface area (Å²) in [7, 11) is 0. The van der Waals surface area contributed by atoms with Crippen LogP contribution in [0.15, 0.2) is 23.7 Å². The Morgan fingerprint density at radius 1 is 1.25 bits per heavy atom. The minimum Gasteiger partial charge on any atom is -0.341 e. The first kappa shape index (κ1) is 7.87. The summed E-state index contributed by atoms with van der Waals surface area (Å²) in [5, 5.41) is 2.15. The van der Waals surface area contributed by atoms with Gasteiger partial charge in [-0.05, 0) is 38.3 Å². The molecule has 0 saturated carbocycles. The van der Waals surface area contributed by atoms with Crippen LogP contribution < -0.4 is 0 Å². The van der Waals surface area contributed by atoms with Crippen molar-refractivity contribution in [1.82, 2.24) is 4.57 Å². The molecule has 2 aromatic heterocycles. The number of fused-ring (bicyclic) bond motifs is 1. The van der Waals surface area contributed by atoms with Gasteiger partial charge in [0.25, 0.3) is 0 Å². The Bertz CT molecular complexity index is 389. The van der Waals surface area contributed by atoms with Crippen LogP contribution in [0.25, 0.3) is 10.2 Å². The summed E-state index contributed by atoms with van der Waals surface area (Å²) in [4.78, 5) is 0. The molecule has 0 aliphatic rings. The zero-order valence-corrected chi connectivity index (χ0v) is 8.48. The molecule has 0 spiro atoms. The number of thiophene rings is 1. The molecule has 1 nitrogen and oxygen atoms in total. The fraction of sp³-hybridized carbons (Fsp3) is 0.400. The van der Waals surface area contributed by atoms with Crippen molar-refractivity contribution in [1.29, 1.82) is 0 Å². The molecule has 0 radical (unpaired) electrons. The molecule has 2 heterocycles. The van der Waals surface area contributed by atoms with Gasteiger partial charge in [0.05, 0.1) is 10.2 Å². The first-order chi connectivity index (χ1) is 5.59. The summed E-state index contributed by atoms with van der Waals surface area (Å²) in [5.74, 6) is 0. The topological polar surface area (TPSA) is 4.93 Å². The minimum atomic E-state index is 0.197. The van der Waals surface area contributed by atoms with Crippen LogP contribution in [0, 0.1) is 0 Å². The van der Waals surface area contributed by atoms with Crippen LogP contribution in [0.2, 0.25) is 0 Å². The van der Waals surface area contributed by atoms with Crippen LogP contribution in [-0.2, 0) is 5.54 Å². The van der Waals surface area contributed by atoms with Crippen molar-refractivity contribution in [2.45, 2.75) is 26.3 Å². The summed E-state index contributed by atoms with van der Waals surface area (Å²) in [5.41, 5.74) is 1.55. The average Bonchev–Trinajstić information content (AvgIpc) is 2.37. The molecule has 0 aliphatic heterocycles. The van der Waals surface area contributed by atoms with Crippen LogP contribution in [0.1, 0.15) is 20.8 Å². The summed E-state index contributed by atoms with van der Waals surface area (Å²) >= 11 is 1.80. The smallest absolute Gasteiger partial charge is 0.0594 e. The molecule has 64 valence electrons. The Labute approximate surface area is 76.6 Å². The molecule has 2 aromatic rings. The third-order valence-electron chi connectivity index (χ3n) is 2.03. The highest BCUT2D eigenvalue weighted by Gasteiger charge is 2.14. The van der Waals surface area contributed by atoms with Gasteiger partial charge in [-0.15, -0.1) is 11.3 Å². The Balaban J connectivity index is 2.69. The van der Waals surface area contributed by atoms with Gasteiger partial charge in [-0.25, -0.2) is 0 Å². The molecule has 0 unspecified atom stereocenters. The van der Waals surface area contributed by atoms with Crippen molar-refractivity contribution in [2.75, 3.05) is 0 Å². The molecule has 0 bridgehead atoms. The van der Waals surface area contributed by atoms with Gasteiger partial charge in [-0.2, -0.15) is 0 Å². The molecule has 0 atom stereocenters. The van der Waals surface area contributed by atoms with Gasteiger partial charge in [-0.1, -0.05) is 0 Å². The molecule has 0 aromatic carbocycles.